The molecule has 2 aromatic rings. The minimum Gasteiger partial charge on any atom is -0.464 e. The molecular weight excluding hydrogens is 319 g/mol. The maximum Gasteiger partial charge on any atom is 0.421 e. The van der Waals surface area contributed by atoms with E-state index in [-0.39, 0.29) is 18.4 Å². The molecule has 0 fully saturated rings. The molecule has 4 nitrogen and oxygen atoms in total. The van der Waals surface area contributed by atoms with E-state index in [2.05, 4.69) is 16.9 Å². The average molecular weight is 339 g/mol. The van der Waals surface area contributed by atoms with Crippen LogP contribution in [0.5, 0.6) is 6.01 Å². The van der Waals surface area contributed by atoms with Crippen LogP contribution in [-0.2, 0) is 12.6 Å². The predicted molar refractivity (Wildman–Crippen MR) is 86.7 cm³/mol. The molecule has 0 aliphatic heterocycles. The largest absolute Gasteiger partial charge is 0.464 e. The van der Waals surface area contributed by atoms with Gasteiger partial charge in [0.2, 0.25) is 0 Å². The Morgan fingerprint density at radius 3 is 2.33 bits per heavy atom. The normalized spacial score (nSPS) is 11.4. The Kier molecular flexibility index (Phi) is 5.64. The van der Waals surface area contributed by atoms with Gasteiger partial charge in [-0.15, -0.1) is 0 Å². The number of rotatable bonds is 6. The third kappa shape index (κ3) is 4.15. The fourth-order valence-corrected chi connectivity index (χ4v) is 2.31. The van der Waals surface area contributed by atoms with Gasteiger partial charge >= 0.3 is 12.2 Å². The van der Waals surface area contributed by atoms with Crippen LogP contribution >= 0.6 is 0 Å². The van der Waals surface area contributed by atoms with Crippen LogP contribution in [0.1, 0.15) is 31.4 Å². The van der Waals surface area contributed by atoms with E-state index in [9.17, 15) is 13.2 Å². The van der Waals surface area contributed by atoms with E-state index in [0.717, 1.165) is 24.6 Å². The molecule has 130 valence electrons. The Balaban J connectivity index is 2.41. The van der Waals surface area contributed by atoms with Crippen molar-refractivity contribution in [3.63, 3.8) is 0 Å². The Hall–Kier alpha value is -2.31. The van der Waals surface area contributed by atoms with Gasteiger partial charge in [-0.25, -0.2) is 4.98 Å². The first-order valence-corrected chi connectivity index (χ1v) is 7.76. The molecule has 24 heavy (non-hydrogen) atoms. The van der Waals surface area contributed by atoms with E-state index in [1.165, 1.54) is 4.90 Å². The minimum atomic E-state index is -4.55. The number of benzene rings is 1. The lowest BCUT2D eigenvalue weighted by atomic mass is 10.1. The zero-order chi connectivity index (χ0) is 17.7. The number of hydrogen-bond acceptors (Lipinski definition) is 4. The second kappa shape index (κ2) is 7.51. The highest BCUT2D eigenvalue weighted by molar-refractivity contribution is 5.63. The first-order chi connectivity index (χ1) is 11.4. The van der Waals surface area contributed by atoms with Gasteiger partial charge in [-0.3, -0.25) is 0 Å². The van der Waals surface area contributed by atoms with Gasteiger partial charge < -0.3 is 9.64 Å². The first-order valence-electron chi connectivity index (χ1n) is 7.76. The van der Waals surface area contributed by atoms with Crippen molar-refractivity contribution in [2.24, 2.45) is 0 Å². The molecular formula is C17H20F3N3O. The Morgan fingerprint density at radius 2 is 1.79 bits per heavy atom. The van der Waals surface area contributed by atoms with E-state index < -0.39 is 11.7 Å². The highest BCUT2D eigenvalue weighted by Gasteiger charge is 2.36. The molecule has 7 heteroatoms. The van der Waals surface area contributed by atoms with E-state index in [0.29, 0.717) is 5.69 Å². The Labute approximate surface area is 139 Å². The number of aryl methyl sites for hydroxylation is 1. The maximum absolute atomic E-state index is 13.3. The topological polar surface area (TPSA) is 38.2 Å². The van der Waals surface area contributed by atoms with E-state index >= 15 is 0 Å². The highest BCUT2D eigenvalue weighted by Crippen LogP contribution is 2.37. The zero-order valence-corrected chi connectivity index (χ0v) is 13.9. The van der Waals surface area contributed by atoms with Crippen molar-refractivity contribution >= 4 is 11.5 Å². The SMILES string of the molecule is CCCc1ccc(N(C)c2nc(OCC)ncc2C(F)(F)F)cc1. The fourth-order valence-electron chi connectivity index (χ4n) is 2.31. The molecule has 0 N–H and O–H groups in total. The number of ether oxygens (including phenoxy) is 1. The quantitative estimate of drug-likeness (QED) is 0.770. The number of nitrogens with zero attached hydrogens (tertiary/aromatic N) is 3. The molecule has 1 heterocycles. The summed E-state index contributed by atoms with van der Waals surface area (Å²) < 4.78 is 44.9. The van der Waals surface area contributed by atoms with Crippen molar-refractivity contribution in [3.8, 4) is 6.01 Å². The van der Waals surface area contributed by atoms with Gasteiger partial charge in [-0.2, -0.15) is 18.2 Å². The molecule has 0 aliphatic carbocycles. The van der Waals surface area contributed by atoms with E-state index in [1.54, 1.807) is 26.1 Å². The molecule has 0 unspecified atom stereocenters. The summed E-state index contributed by atoms with van der Waals surface area (Å²) in [6, 6.07) is 7.32. The number of halogens is 3. The molecule has 1 aromatic heterocycles. The molecule has 0 saturated carbocycles. The van der Waals surface area contributed by atoms with Crippen LogP contribution in [0.25, 0.3) is 0 Å². The smallest absolute Gasteiger partial charge is 0.421 e. The van der Waals surface area contributed by atoms with Crippen LogP contribution < -0.4 is 9.64 Å². The van der Waals surface area contributed by atoms with Gasteiger partial charge in [0.15, 0.2) is 5.82 Å². The summed E-state index contributed by atoms with van der Waals surface area (Å²) in [4.78, 5) is 8.96. The minimum absolute atomic E-state index is 0.0741. The van der Waals surface area contributed by atoms with Crippen LogP contribution in [-0.4, -0.2) is 23.6 Å². The van der Waals surface area contributed by atoms with Gasteiger partial charge in [-0.1, -0.05) is 25.5 Å². The van der Waals surface area contributed by atoms with Crippen molar-refractivity contribution in [1.29, 1.82) is 0 Å². The lowest BCUT2D eigenvalue weighted by Crippen LogP contribution is -2.19. The lowest BCUT2D eigenvalue weighted by molar-refractivity contribution is -0.137. The van der Waals surface area contributed by atoms with Gasteiger partial charge in [0.25, 0.3) is 0 Å². The van der Waals surface area contributed by atoms with Crippen LogP contribution in [0.15, 0.2) is 30.5 Å². The molecule has 0 amide bonds. The monoisotopic (exact) mass is 339 g/mol. The third-order valence-corrected chi connectivity index (χ3v) is 3.51. The van der Waals surface area contributed by atoms with Gasteiger partial charge in [0.05, 0.1) is 6.61 Å². The zero-order valence-electron chi connectivity index (χ0n) is 13.9. The van der Waals surface area contributed by atoms with E-state index in [4.69, 9.17) is 4.74 Å². The van der Waals surface area contributed by atoms with Crippen molar-refractivity contribution in [1.82, 2.24) is 9.97 Å². The summed E-state index contributed by atoms with van der Waals surface area (Å²) in [7, 11) is 1.54. The Bertz CT molecular complexity index is 672. The summed E-state index contributed by atoms with van der Waals surface area (Å²) in [6.07, 6.45) is -1.84. The van der Waals surface area contributed by atoms with Crippen LogP contribution in [0.2, 0.25) is 0 Å². The maximum atomic E-state index is 13.3. The first kappa shape index (κ1) is 18.0. The van der Waals surface area contributed by atoms with Gasteiger partial charge in [0, 0.05) is 18.9 Å². The summed E-state index contributed by atoms with van der Waals surface area (Å²) in [5.41, 5.74) is 0.857. The molecule has 0 atom stereocenters. The Morgan fingerprint density at radius 1 is 1.12 bits per heavy atom. The number of anilines is 2. The molecule has 0 saturated heterocycles. The molecule has 0 aliphatic rings. The van der Waals surface area contributed by atoms with Crippen molar-refractivity contribution in [2.45, 2.75) is 32.9 Å². The van der Waals surface area contributed by atoms with Gasteiger partial charge in [0.1, 0.15) is 5.56 Å². The fraction of sp³-hybridized carbons (Fsp3) is 0.412. The van der Waals surface area contributed by atoms with Crippen LogP contribution in [0.3, 0.4) is 0 Å². The van der Waals surface area contributed by atoms with Crippen LogP contribution in [0, 0.1) is 0 Å². The second-order valence-corrected chi connectivity index (χ2v) is 5.30. The molecule has 1 aromatic carbocycles. The second-order valence-electron chi connectivity index (χ2n) is 5.30. The molecule has 0 spiro atoms. The summed E-state index contributed by atoms with van der Waals surface area (Å²) in [6.45, 7) is 4.07. The highest BCUT2D eigenvalue weighted by atomic mass is 19.4. The number of hydrogen-bond donors (Lipinski definition) is 0. The summed E-state index contributed by atoms with van der Waals surface area (Å²) in [5, 5.41) is 0. The average Bonchev–Trinajstić information content (AvgIpc) is 2.54. The molecule has 0 bridgehead atoms. The molecule has 0 radical (unpaired) electrons. The van der Waals surface area contributed by atoms with Crippen molar-refractivity contribution < 1.29 is 17.9 Å². The van der Waals surface area contributed by atoms with Crippen molar-refractivity contribution in [3.05, 3.63) is 41.6 Å². The molecule has 2 rings (SSSR count). The standard InChI is InChI=1S/C17H20F3N3O/c1-4-6-12-7-9-13(10-8-12)23(3)15-14(17(18,19)20)11-21-16(22-15)24-5-2/h7-11H,4-6H2,1-3H3. The third-order valence-electron chi connectivity index (χ3n) is 3.51. The van der Waals surface area contributed by atoms with Gasteiger partial charge in [-0.05, 0) is 31.0 Å². The number of alkyl halides is 3. The van der Waals surface area contributed by atoms with Crippen molar-refractivity contribution in [2.75, 3.05) is 18.6 Å². The summed E-state index contributed by atoms with van der Waals surface area (Å²) >= 11 is 0. The lowest BCUT2D eigenvalue weighted by Gasteiger charge is -2.22. The predicted octanol–water partition coefficient (Wildman–Crippen LogP) is 4.61. The van der Waals surface area contributed by atoms with Crippen LogP contribution in [0.4, 0.5) is 24.7 Å². The number of aromatic nitrogens is 2. The summed E-state index contributed by atoms with van der Waals surface area (Å²) in [5.74, 6) is -0.232. The van der Waals surface area contributed by atoms with E-state index in [1.807, 2.05) is 12.1 Å².